The first-order valence-electron chi connectivity index (χ1n) is 9.46. The van der Waals surface area contributed by atoms with E-state index < -0.39 is 29.2 Å². The van der Waals surface area contributed by atoms with E-state index in [0.29, 0.717) is 13.0 Å². The van der Waals surface area contributed by atoms with Crippen molar-refractivity contribution in [2.75, 3.05) is 19.7 Å². The van der Waals surface area contributed by atoms with Gasteiger partial charge < -0.3 is 24.8 Å². The second kappa shape index (κ2) is 8.32. The van der Waals surface area contributed by atoms with Crippen LogP contribution in [0.4, 0.5) is 0 Å². The molecule has 0 radical (unpaired) electrons. The molecule has 2 aliphatic heterocycles. The van der Waals surface area contributed by atoms with Gasteiger partial charge in [0.25, 0.3) is 0 Å². The average Bonchev–Trinajstić information content (AvgIpc) is 3.13. The largest absolute Gasteiger partial charge is 0.459 e. The molecule has 0 aromatic rings. The van der Waals surface area contributed by atoms with E-state index in [1.165, 1.54) is 26.8 Å². The second-order valence-electron chi connectivity index (χ2n) is 8.28. The SMILES string of the molecule is CC(C)=CC(=O)O[C@@H]1CCN2CC=C(COC(=O)[C@@](O)(C(C)O)C(C)(C)O)[C@H]12. The number of carbonyl (C=O) groups is 2. The maximum absolute atomic E-state index is 12.5. The van der Waals surface area contributed by atoms with Crippen LogP contribution in [0.1, 0.15) is 41.0 Å². The van der Waals surface area contributed by atoms with Crippen LogP contribution in [0.25, 0.3) is 0 Å². The molecule has 8 nitrogen and oxygen atoms in total. The molecule has 0 bridgehead atoms. The van der Waals surface area contributed by atoms with Crippen LogP contribution in [-0.4, -0.2) is 81.3 Å². The number of esters is 2. The van der Waals surface area contributed by atoms with Gasteiger partial charge in [0.05, 0.1) is 12.1 Å². The van der Waals surface area contributed by atoms with E-state index in [1.807, 2.05) is 19.9 Å². The van der Waals surface area contributed by atoms with Crippen LogP contribution < -0.4 is 0 Å². The monoisotopic (exact) mass is 397 g/mol. The van der Waals surface area contributed by atoms with Gasteiger partial charge in [0, 0.05) is 19.2 Å². The number of nitrogens with zero attached hydrogens (tertiary/aromatic N) is 1. The van der Waals surface area contributed by atoms with Gasteiger partial charge >= 0.3 is 11.9 Å². The van der Waals surface area contributed by atoms with Gasteiger partial charge in [-0.05, 0) is 46.6 Å². The summed E-state index contributed by atoms with van der Waals surface area (Å²) in [7, 11) is 0. The minimum Gasteiger partial charge on any atom is -0.459 e. The molecule has 8 heteroatoms. The Bertz CT molecular complexity index is 673. The predicted octanol–water partition coefficient (Wildman–Crippen LogP) is 0.305. The molecular formula is C20H31NO7. The molecule has 4 atom stereocenters. The lowest BCUT2D eigenvalue weighted by atomic mass is 9.81. The molecule has 0 aromatic carbocycles. The Labute approximate surface area is 165 Å². The normalized spacial score (nSPS) is 25.4. The lowest BCUT2D eigenvalue weighted by molar-refractivity contribution is -0.213. The smallest absolute Gasteiger partial charge is 0.344 e. The second-order valence-corrected chi connectivity index (χ2v) is 8.28. The van der Waals surface area contributed by atoms with Gasteiger partial charge in [0.1, 0.15) is 18.3 Å². The predicted molar refractivity (Wildman–Crippen MR) is 101 cm³/mol. The van der Waals surface area contributed by atoms with Crippen molar-refractivity contribution in [3.8, 4) is 0 Å². The summed E-state index contributed by atoms with van der Waals surface area (Å²) in [5.74, 6) is -1.51. The summed E-state index contributed by atoms with van der Waals surface area (Å²) in [5, 5.41) is 30.5. The van der Waals surface area contributed by atoms with Crippen LogP contribution >= 0.6 is 0 Å². The number of aliphatic hydroxyl groups excluding tert-OH is 1. The summed E-state index contributed by atoms with van der Waals surface area (Å²) in [6.45, 7) is 8.59. The molecule has 0 spiro atoms. The van der Waals surface area contributed by atoms with Crippen LogP contribution in [0.2, 0.25) is 0 Å². The van der Waals surface area contributed by atoms with E-state index in [0.717, 1.165) is 17.7 Å². The van der Waals surface area contributed by atoms with Crippen molar-refractivity contribution in [3.05, 3.63) is 23.3 Å². The summed E-state index contributed by atoms with van der Waals surface area (Å²) in [6, 6.07) is -0.191. The molecule has 1 unspecified atom stereocenters. The first-order valence-corrected chi connectivity index (χ1v) is 9.46. The van der Waals surface area contributed by atoms with Crippen LogP contribution in [0.15, 0.2) is 23.3 Å². The summed E-state index contributed by atoms with van der Waals surface area (Å²) in [6.07, 6.45) is 2.15. The number of fused-ring (bicyclic) bond motifs is 1. The Hall–Kier alpha value is -1.74. The van der Waals surface area contributed by atoms with Crippen LogP contribution in [0, 0.1) is 0 Å². The van der Waals surface area contributed by atoms with E-state index in [4.69, 9.17) is 9.47 Å². The quantitative estimate of drug-likeness (QED) is 0.319. The zero-order chi connectivity index (χ0) is 21.3. The third-order valence-corrected chi connectivity index (χ3v) is 5.31. The van der Waals surface area contributed by atoms with Crippen molar-refractivity contribution in [1.82, 2.24) is 4.90 Å². The maximum Gasteiger partial charge on any atom is 0.344 e. The van der Waals surface area contributed by atoms with E-state index >= 15 is 0 Å². The first-order chi connectivity index (χ1) is 12.9. The molecule has 3 N–H and O–H groups in total. The Morgan fingerprint density at radius 3 is 2.54 bits per heavy atom. The summed E-state index contributed by atoms with van der Waals surface area (Å²) >= 11 is 0. The molecule has 28 heavy (non-hydrogen) atoms. The molecule has 2 aliphatic rings. The molecule has 0 amide bonds. The molecule has 2 heterocycles. The van der Waals surface area contributed by atoms with Gasteiger partial charge in [-0.25, -0.2) is 9.59 Å². The van der Waals surface area contributed by atoms with Crippen LogP contribution in [-0.2, 0) is 19.1 Å². The highest BCUT2D eigenvalue weighted by molar-refractivity contribution is 5.83. The number of carbonyl (C=O) groups excluding carboxylic acids is 2. The molecule has 1 fully saturated rings. The molecule has 158 valence electrons. The van der Waals surface area contributed by atoms with Crippen molar-refractivity contribution >= 4 is 11.9 Å². The van der Waals surface area contributed by atoms with Gasteiger partial charge in [-0.2, -0.15) is 0 Å². The van der Waals surface area contributed by atoms with E-state index in [9.17, 15) is 24.9 Å². The molecule has 2 rings (SSSR count). The third kappa shape index (κ3) is 4.46. The van der Waals surface area contributed by atoms with Gasteiger partial charge in [-0.1, -0.05) is 11.6 Å². The highest BCUT2D eigenvalue weighted by atomic mass is 16.6. The Kier molecular flexibility index (Phi) is 6.70. The topological polar surface area (TPSA) is 117 Å². The van der Waals surface area contributed by atoms with Crippen molar-refractivity contribution in [2.45, 2.75) is 70.5 Å². The van der Waals surface area contributed by atoms with Crippen molar-refractivity contribution < 1.29 is 34.4 Å². The van der Waals surface area contributed by atoms with Gasteiger partial charge in [-0.15, -0.1) is 0 Å². The van der Waals surface area contributed by atoms with Crippen molar-refractivity contribution in [1.29, 1.82) is 0 Å². The van der Waals surface area contributed by atoms with Gasteiger partial charge in [0.15, 0.2) is 0 Å². The number of aliphatic hydroxyl groups is 3. The molecule has 1 saturated heterocycles. The van der Waals surface area contributed by atoms with E-state index in [2.05, 4.69) is 4.90 Å². The molecule has 0 aromatic heterocycles. The standard InChI is InChI=1S/C20H31NO7/c1-12(2)10-16(23)28-15-7-9-21-8-6-14(17(15)21)11-27-18(24)20(26,13(3)22)19(4,5)25/h6,10,13,15,17,22,25-26H,7-9,11H2,1-5H3/t13?,15-,17-,20+/m1/s1. The lowest BCUT2D eigenvalue weighted by Gasteiger charge is -2.38. The van der Waals surface area contributed by atoms with E-state index in [-0.39, 0.29) is 18.8 Å². The van der Waals surface area contributed by atoms with Gasteiger partial charge in [-0.3, -0.25) is 4.90 Å². The van der Waals surface area contributed by atoms with E-state index in [1.54, 1.807) is 0 Å². The lowest BCUT2D eigenvalue weighted by Crippen LogP contribution is -2.63. The molecule has 0 saturated carbocycles. The molecular weight excluding hydrogens is 366 g/mol. The number of rotatable bonds is 7. The number of hydrogen-bond acceptors (Lipinski definition) is 8. The minimum atomic E-state index is -2.46. The Morgan fingerprint density at radius 2 is 2.00 bits per heavy atom. The Morgan fingerprint density at radius 1 is 1.36 bits per heavy atom. The first kappa shape index (κ1) is 22.5. The zero-order valence-electron chi connectivity index (χ0n) is 17.1. The fourth-order valence-corrected chi connectivity index (χ4v) is 3.74. The number of allylic oxidation sites excluding steroid dienone is 1. The summed E-state index contributed by atoms with van der Waals surface area (Å²) < 4.78 is 10.8. The Balaban J connectivity index is 2.05. The summed E-state index contributed by atoms with van der Waals surface area (Å²) in [5.41, 5.74) is -2.74. The average molecular weight is 397 g/mol. The summed E-state index contributed by atoms with van der Waals surface area (Å²) in [4.78, 5) is 26.6. The fourth-order valence-electron chi connectivity index (χ4n) is 3.74. The third-order valence-electron chi connectivity index (χ3n) is 5.31. The van der Waals surface area contributed by atoms with Gasteiger partial charge in [0.2, 0.25) is 5.60 Å². The highest BCUT2D eigenvalue weighted by Gasteiger charge is 2.54. The maximum atomic E-state index is 12.5. The van der Waals surface area contributed by atoms with Crippen molar-refractivity contribution in [3.63, 3.8) is 0 Å². The number of ether oxygens (including phenoxy) is 2. The molecule has 0 aliphatic carbocycles. The van der Waals surface area contributed by atoms with Crippen molar-refractivity contribution in [2.24, 2.45) is 0 Å². The van der Waals surface area contributed by atoms with Crippen LogP contribution in [0.3, 0.4) is 0 Å². The minimum absolute atomic E-state index is 0.123. The van der Waals surface area contributed by atoms with Crippen LogP contribution in [0.5, 0.6) is 0 Å². The zero-order valence-corrected chi connectivity index (χ0v) is 17.1. The highest BCUT2D eigenvalue weighted by Crippen LogP contribution is 2.33. The number of hydrogen-bond donors (Lipinski definition) is 3. The fraction of sp³-hybridized carbons (Fsp3) is 0.700.